The summed E-state index contributed by atoms with van der Waals surface area (Å²) in [6, 6.07) is 5.28. The molecule has 1 amide bonds. The van der Waals surface area contributed by atoms with E-state index in [-0.39, 0.29) is 35.8 Å². The standard InChI is InChI=1S/C19H25NO5S/c1-13(2)10-20(15-6-7-26(22,23)12-15)19(21)8-14-11-25-18-9-16(24-3)4-5-17(14)18/h4-5,9,11,13,15H,6-8,10,12H2,1-3H3/t15-/m1/s1. The number of amides is 1. The molecular weight excluding hydrogens is 354 g/mol. The van der Waals surface area contributed by atoms with Crippen LogP contribution in [0.5, 0.6) is 5.75 Å². The van der Waals surface area contributed by atoms with Crippen LogP contribution in [0.15, 0.2) is 28.9 Å². The lowest BCUT2D eigenvalue weighted by atomic mass is 10.1. The number of hydrogen-bond acceptors (Lipinski definition) is 5. The van der Waals surface area contributed by atoms with Crippen LogP contribution in [0.2, 0.25) is 0 Å². The Bertz CT molecular complexity index is 900. The molecule has 1 aliphatic rings. The van der Waals surface area contributed by atoms with Gasteiger partial charge in [-0.15, -0.1) is 0 Å². The summed E-state index contributed by atoms with van der Waals surface area (Å²) in [5, 5.41) is 0.877. The SMILES string of the molecule is COc1ccc2c(CC(=O)N(CC(C)C)[C@@H]3CCS(=O)(=O)C3)coc2c1. The van der Waals surface area contributed by atoms with Crippen molar-refractivity contribution in [1.29, 1.82) is 0 Å². The topological polar surface area (TPSA) is 76.8 Å². The highest BCUT2D eigenvalue weighted by molar-refractivity contribution is 7.91. The number of sulfone groups is 1. The maximum absolute atomic E-state index is 13.0. The molecular formula is C19H25NO5S. The molecule has 0 bridgehead atoms. The van der Waals surface area contributed by atoms with Crippen molar-refractivity contribution in [3.8, 4) is 5.75 Å². The predicted octanol–water partition coefficient (Wildman–Crippen LogP) is 2.66. The monoisotopic (exact) mass is 379 g/mol. The molecule has 1 aromatic heterocycles. The maximum atomic E-state index is 13.0. The second-order valence-electron chi connectivity index (χ2n) is 7.30. The molecule has 6 nitrogen and oxygen atoms in total. The molecule has 2 aromatic rings. The van der Waals surface area contributed by atoms with Crippen molar-refractivity contribution >= 4 is 26.7 Å². The van der Waals surface area contributed by atoms with E-state index in [2.05, 4.69) is 0 Å². The molecule has 1 saturated heterocycles. The normalized spacial score (nSPS) is 19.2. The first-order valence-corrected chi connectivity index (χ1v) is 10.6. The summed E-state index contributed by atoms with van der Waals surface area (Å²) in [7, 11) is -1.45. The third-order valence-corrected chi connectivity index (χ3v) is 6.49. The van der Waals surface area contributed by atoms with Gasteiger partial charge in [0.15, 0.2) is 9.84 Å². The van der Waals surface area contributed by atoms with Crippen LogP contribution in [-0.4, -0.2) is 50.4 Å². The quantitative estimate of drug-likeness (QED) is 0.771. The number of benzene rings is 1. The van der Waals surface area contributed by atoms with Crippen molar-refractivity contribution in [2.45, 2.75) is 32.7 Å². The molecule has 0 saturated carbocycles. The molecule has 3 rings (SSSR count). The molecule has 0 spiro atoms. The van der Waals surface area contributed by atoms with E-state index in [1.54, 1.807) is 24.3 Å². The zero-order valence-electron chi connectivity index (χ0n) is 15.4. The van der Waals surface area contributed by atoms with E-state index in [4.69, 9.17) is 9.15 Å². The van der Waals surface area contributed by atoms with Gasteiger partial charge in [0.05, 0.1) is 31.3 Å². The van der Waals surface area contributed by atoms with Crippen molar-refractivity contribution < 1.29 is 22.4 Å². The molecule has 0 N–H and O–H groups in total. The van der Waals surface area contributed by atoms with Crippen molar-refractivity contribution in [2.24, 2.45) is 5.92 Å². The number of hydrogen-bond donors (Lipinski definition) is 0. The van der Waals surface area contributed by atoms with E-state index in [9.17, 15) is 13.2 Å². The zero-order valence-corrected chi connectivity index (χ0v) is 16.2. The van der Waals surface area contributed by atoms with Crippen molar-refractivity contribution in [1.82, 2.24) is 4.90 Å². The number of furan rings is 1. The van der Waals surface area contributed by atoms with Crippen LogP contribution in [0.3, 0.4) is 0 Å². The first-order chi connectivity index (χ1) is 12.3. The van der Waals surface area contributed by atoms with Gasteiger partial charge in [-0.3, -0.25) is 4.79 Å². The Balaban J connectivity index is 1.81. The van der Waals surface area contributed by atoms with Crippen molar-refractivity contribution in [3.63, 3.8) is 0 Å². The van der Waals surface area contributed by atoms with E-state index in [0.717, 1.165) is 10.9 Å². The average Bonchev–Trinajstić information content (AvgIpc) is 3.15. The van der Waals surface area contributed by atoms with Gasteiger partial charge in [-0.05, 0) is 24.5 Å². The summed E-state index contributed by atoms with van der Waals surface area (Å²) < 4.78 is 34.4. The lowest BCUT2D eigenvalue weighted by Crippen LogP contribution is -2.44. The van der Waals surface area contributed by atoms with Crippen LogP contribution in [0.4, 0.5) is 0 Å². The van der Waals surface area contributed by atoms with Crippen molar-refractivity contribution in [3.05, 3.63) is 30.0 Å². The number of nitrogens with zero attached hydrogens (tertiary/aromatic N) is 1. The van der Waals surface area contributed by atoms with Gasteiger partial charge in [0, 0.05) is 29.6 Å². The Morgan fingerprint density at radius 1 is 1.38 bits per heavy atom. The number of fused-ring (bicyclic) bond motifs is 1. The third kappa shape index (κ3) is 4.03. The van der Waals surface area contributed by atoms with E-state index in [0.29, 0.717) is 24.3 Å². The lowest BCUT2D eigenvalue weighted by molar-refractivity contribution is -0.132. The number of rotatable bonds is 6. The Morgan fingerprint density at radius 3 is 2.77 bits per heavy atom. The smallest absolute Gasteiger partial charge is 0.227 e. The number of methoxy groups -OCH3 is 1. The number of carbonyl (C=O) groups excluding carboxylic acids is 1. The summed E-state index contributed by atoms with van der Waals surface area (Å²) >= 11 is 0. The first-order valence-electron chi connectivity index (χ1n) is 8.83. The van der Waals surface area contributed by atoms with E-state index in [1.165, 1.54) is 0 Å². The van der Waals surface area contributed by atoms with Gasteiger partial charge in [-0.25, -0.2) is 8.42 Å². The summed E-state index contributed by atoms with van der Waals surface area (Å²) in [4.78, 5) is 14.7. The summed E-state index contributed by atoms with van der Waals surface area (Å²) in [6.07, 6.45) is 2.31. The highest BCUT2D eigenvalue weighted by atomic mass is 32.2. The van der Waals surface area contributed by atoms with Crippen LogP contribution in [-0.2, 0) is 21.1 Å². The highest BCUT2D eigenvalue weighted by Crippen LogP contribution is 2.27. The third-order valence-electron chi connectivity index (χ3n) is 4.74. The van der Waals surface area contributed by atoms with Gasteiger partial charge < -0.3 is 14.1 Å². The summed E-state index contributed by atoms with van der Waals surface area (Å²) in [5.41, 5.74) is 1.48. The molecule has 2 heterocycles. The molecule has 1 aliphatic heterocycles. The van der Waals surface area contributed by atoms with Crippen LogP contribution >= 0.6 is 0 Å². The fraction of sp³-hybridized carbons (Fsp3) is 0.526. The molecule has 26 heavy (non-hydrogen) atoms. The van der Waals surface area contributed by atoms with Crippen LogP contribution < -0.4 is 4.74 Å². The lowest BCUT2D eigenvalue weighted by Gasteiger charge is -2.30. The predicted molar refractivity (Wildman–Crippen MR) is 100 cm³/mol. The Labute approximate surface area is 154 Å². The van der Waals surface area contributed by atoms with E-state index < -0.39 is 9.84 Å². The second kappa shape index (κ2) is 7.31. The molecule has 0 aliphatic carbocycles. The van der Waals surface area contributed by atoms with Crippen LogP contribution in [0.1, 0.15) is 25.8 Å². The molecule has 0 radical (unpaired) electrons. The van der Waals surface area contributed by atoms with Gasteiger partial charge in [-0.1, -0.05) is 13.8 Å². The van der Waals surface area contributed by atoms with Crippen LogP contribution in [0, 0.1) is 5.92 Å². The van der Waals surface area contributed by atoms with Gasteiger partial charge >= 0.3 is 0 Å². The second-order valence-corrected chi connectivity index (χ2v) is 9.53. The number of carbonyl (C=O) groups is 1. The van der Waals surface area contributed by atoms with Gasteiger partial charge in [-0.2, -0.15) is 0 Å². The zero-order chi connectivity index (χ0) is 18.9. The molecule has 0 unspecified atom stereocenters. The highest BCUT2D eigenvalue weighted by Gasteiger charge is 2.35. The first kappa shape index (κ1) is 18.8. The minimum Gasteiger partial charge on any atom is -0.497 e. The Morgan fingerprint density at radius 2 is 2.15 bits per heavy atom. The summed E-state index contributed by atoms with van der Waals surface area (Å²) in [6.45, 7) is 4.62. The minimum atomic E-state index is -3.04. The average molecular weight is 379 g/mol. The Kier molecular flexibility index (Phi) is 5.27. The van der Waals surface area contributed by atoms with E-state index >= 15 is 0 Å². The maximum Gasteiger partial charge on any atom is 0.227 e. The molecule has 7 heteroatoms. The molecule has 1 fully saturated rings. The molecule has 1 aromatic carbocycles. The van der Waals surface area contributed by atoms with Crippen LogP contribution in [0.25, 0.3) is 11.0 Å². The van der Waals surface area contributed by atoms with Crippen molar-refractivity contribution in [2.75, 3.05) is 25.2 Å². The largest absolute Gasteiger partial charge is 0.497 e. The number of ether oxygens (including phenoxy) is 1. The fourth-order valence-electron chi connectivity index (χ4n) is 3.46. The molecule has 142 valence electrons. The van der Waals surface area contributed by atoms with E-state index in [1.807, 2.05) is 26.0 Å². The summed E-state index contributed by atoms with van der Waals surface area (Å²) in [5.74, 6) is 1.14. The van der Waals surface area contributed by atoms with Gasteiger partial charge in [0.1, 0.15) is 11.3 Å². The Hall–Kier alpha value is -2.02. The minimum absolute atomic E-state index is 0.0562. The van der Waals surface area contributed by atoms with Gasteiger partial charge in [0.2, 0.25) is 5.91 Å². The molecule has 1 atom stereocenters. The van der Waals surface area contributed by atoms with Gasteiger partial charge in [0.25, 0.3) is 0 Å². The fourth-order valence-corrected chi connectivity index (χ4v) is 5.19.